The van der Waals surface area contributed by atoms with Crippen LogP contribution in [0.25, 0.3) is 0 Å². The maximum absolute atomic E-state index is 13.9. The molecule has 3 heterocycles. The first-order chi connectivity index (χ1) is 19.1. The van der Waals surface area contributed by atoms with E-state index in [1.54, 1.807) is 18.2 Å². The van der Waals surface area contributed by atoms with Crippen molar-refractivity contribution in [3.63, 3.8) is 0 Å². The molecule has 12 heteroatoms. The van der Waals surface area contributed by atoms with Gasteiger partial charge < -0.3 is 9.72 Å². The second-order valence-corrected chi connectivity index (χ2v) is 11.9. The summed E-state index contributed by atoms with van der Waals surface area (Å²) in [5, 5.41) is -0.194. The minimum absolute atomic E-state index is 0.165. The molecule has 6 nitrogen and oxygen atoms in total. The Bertz CT molecular complexity index is 1690. The van der Waals surface area contributed by atoms with Crippen LogP contribution in [0.4, 0.5) is 18.9 Å². The van der Waals surface area contributed by atoms with Gasteiger partial charge in [-0.2, -0.15) is 13.2 Å². The van der Waals surface area contributed by atoms with Crippen LogP contribution in [0, 0.1) is 5.92 Å². The van der Waals surface area contributed by atoms with Crippen LogP contribution < -0.4 is 14.5 Å². The zero-order chi connectivity index (χ0) is 28.2. The summed E-state index contributed by atoms with van der Waals surface area (Å²) in [6, 6.07) is 18.5. The quantitative estimate of drug-likeness (QED) is 0.264. The number of nitrogens with zero attached hydrogens (tertiary/aromatic N) is 1. The first-order valence-corrected chi connectivity index (χ1v) is 14.1. The lowest BCUT2D eigenvalue weighted by atomic mass is 9.82. The molecule has 0 radical (unpaired) electrons. The first-order valence-electron chi connectivity index (χ1n) is 12.0. The molecule has 6 rings (SSSR count). The Hall–Kier alpha value is -3.54. The second kappa shape index (κ2) is 10.1. The number of fused-ring (bicyclic) bond motifs is 2. The minimum atomic E-state index is -4.65. The third kappa shape index (κ3) is 4.71. The van der Waals surface area contributed by atoms with Crippen molar-refractivity contribution in [2.24, 2.45) is 5.92 Å². The molecule has 0 aliphatic carbocycles. The number of hydrogen-bond donors (Lipinski definition) is 1. The lowest BCUT2D eigenvalue weighted by Gasteiger charge is -2.31. The molecule has 1 saturated heterocycles. The van der Waals surface area contributed by atoms with E-state index in [1.165, 1.54) is 6.07 Å². The van der Waals surface area contributed by atoms with Crippen molar-refractivity contribution in [1.82, 2.24) is 4.98 Å². The first kappa shape index (κ1) is 26.7. The van der Waals surface area contributed by atoms with E-state index in [1.807, 2.05) is 30.3 Å². The molecule has 0 spiro atoms. The number of thiazole rings is 1. The number of benzene rings is 3. The smallest absolute Gasteiger partial charge is 0.416 e. The fraction of sp³-hybridized carbons (Fsp3) is 0.179. The van der Waals surface area contributed by atoms with Crippen molar-refractivity contribution in [3.05, 3.63) is 109 Å². The van der Waals surface area contributed by atoms with Crippen molar-refractivity contribution in [2.45, 2.75) is 29.0 Å². The normalized spacial score (nSPS) is 20.4. The Labute approximate surface area is 238 Å². The Morgan fingerprint density at radius 3 is 2.48 bits per heavy atom. The van der Waals surface area contributed by atoms with Gasteiger partial charge in [0.25, 0.3) is 0 Å². The average Bonchev–Trinajstić information content (AvgIpc) is 3.42. The molecule has 2 aliphatic heterocycles. The molecule has 0 unspecified atom stereocenters. The van der Waals surface area contributed by atoms with Crippen LogP contribution in [-0.4, -0.2) is 22.0 Å². The number of aromatic nitrogens is 1. The number of alkyl halides is 3. The van der Waals surface area contributed by atoms with Gasteiger partial charge in [0.05, 0.1) is 22.2 Å². The fourth-order valence-electron chi connectivity index (χ4n) is 5.06. The van der Waals surface area contributed by atoms with E-state index in [0.29, 0.717) is 26.2 Å². The number of thioether (sulfide) groups is 1. The molecule has 204 valence electrons. The molecule has 2 amide bonds. The van der Waals surface area contributed by atoms with Crippen LogP contribution in [-0.2, 0) is 22.4 Å². The number of carbonyl (C=O) groups is 2. The highest BCUT2D eigenvalue weighted by Crippen LogP contribution is 2.55. The van der Waals surface area contributed by atoms with E-state index in [4.69, 9.17) is 16.3 Å². The van der Waals surface area contributed by atoms with E-state index in [-0.39, 0.29) is 17.2 Å². The Morgan fingerprint density at radius 2 is 1.73 bits per heavy atom. The Kier molecular flexibility index (Phi) is 6.76. The maximum Gasteiger partial charge on any atom is 0.416 e. The predicted octanol–water partition coefficient (Wildman–Crippen LogP) is 6.48. The predicted molar refractivity (Wildman–Crippen MR) is 146 cm³/mol. The van der Waals surface area contributed by atoms with E-state index in [9.17, 15) is 27.6 Å². The highest BCUT2D eigenvalue weighted by Gasteiger charge is 2.57. The zero-order valence-electron chi connectivity index (χ0n) is 20.3. The summed E-state index contributed by atoms with van der Waals surface area (Å²) in [6.45, 7) is 0.213. The molecule has 3 atom stereocenters. The van der Waals surface area contributed by atoms with Gasteiger partial charge in [-0.1, -0.05) is 71.1 Å². The average molecular weight is 603 g/mol. The van der Waals surface area contributed by atoms with Crippen LogP contribution in [0.3, 0.4) is 0 Å². The van der Waals surface area contributed by atoms with Gasteiger partial charge in [-0.05, 0) is 42.0 Å². The molecule has 1 N–H and O–H groups in total. The molecular weight excluding hydrogens is 585 g/mol. The summed E-state index contributed by atoms with van der Waals surface area (Å²) in [7, 11) is 0. The monoisotopic (exact) mass is 602 g/mol. The van der Waals surface area contributed by atoms with Crippen LogP contribution in [0.5, 0.6) is 5.75 Å². The summed E-state index contributed by atoms with van der Waals surface area (Å²) in [6.07, 6.45) is -4.65. The largest absolute Gasteiger partial charge is 0.489 e. The Morgan fingerprint density at radius 1 is 0.950 bits per heavy atom. The van der Waals surface area contributed by atoms with Gasteiger partial charge in [-0.3, -0.25) is 14.4 Å². The summed E-state index contributed by atoms with van der Waals surface area (Å²) < 4.78 is 46.4. The highest BCUT2D eigenvalue weighted by atomic mass is 35.5. The number of halogens is 4. The third-order valence-electron chi connectivity index (χ3n) is 6.80. The minimum Gasteiger partial charge on any atom is -0.489 e. The van der Waals surface area contributed by atoms with Crippen LogP contribution in [0.1, 0.15) is 27.5 Å². The summed E-state index contributed by atoms with van der Waals surface area (Å²) in [4.78, 5) is 43.7. The highest BCUT2D eigenvalue weighted by molar-refractivity contribution is 8.00. The van der Waals surface area contributed by atoms with Gasteiger partial charge in [0.1, 0.15) is 17.6 Å². The van der Waals surface area contributed by atoms with Crippen molar-refractivity contribution in [2.75, 3.05) is 4.90 Å². The standard InChI is InChI=1S/C28H18ClF3N2O4S2/c29-16-9-10-19(38-13-14-5-2-1-3-6-14)18(12-16)20-21-23(39-24-22(20)40-27(37)33-24)26(36)34(25(21)35)17-8-4-7-15(11-17)28(30,31)32/h1-12,20-21,23H,13H2,(H,33,37)/t20-,21-,23+/m0/s1. The van der Waals surface area contributed by atoms with Crippen LogP contribution >= 0.6 is 34.7 Å². The zero-order valence-corrected chi connectivity index (χ0v) is 22.7. The number of anilines is 1. The molecular formula is C28H18ClF3N2O4S2. The molecule has 40 heavy (non-hydrogen) atoms. The van der Waals surface area contributed by atoms with Crippen molar-refractivity contribution < 1.29 is 27.5 Å². The number of ether oxygens (including phenoxy) is 1. The topological polar surface area (TPSA) is 79.5 Å². The number of carbonyl (C=O) groups excluding carboxylic acids is 2. The SMILES string of the molecule is O=C1[C@H]2[C@H](c3cc(Cl)ccc3OCc3ccccc3)c3sc(=O)[nH]c3S[C@H]2C(=O)N1c1cccc(C(F)(F)F)c1. The van der Waals surface area contributed by atoms with E-state index >= 15 is 0 Å². The molecule has 1 aromatic heterocycles. The van der Waals surface area contributed by atoms with Crippen molar-refractivity contribution >= 4 is 52.2 Å². The fourth-order valence-corrected chi connectivity index (χ4v) is 7.74. The van der Waals surface area contributed by atoms with Gasteiger partial charge in [0.2, 0.25) is 11.8 Å². The number of imide groups is 1. The van der Waals surface area contributed by atoms with E-state index < -0.39 is 40.6 Å². The van der Waals surface area contributed by atoms with E-state index in [0.717, 1.165) is 51.8 Å². The van der Waals surface area contributed by atoms with Crippen molar-refractivity contribution in [1.29, 1.82) is 0 Å². The molecule has 1 fully saturated rings. The summed E-state index contributed by atoms with van der Waals surface area (Å²) >= 11 is 8.33. The molecule has 2 aliphatic rings. The van der Waals surface area contributed by atoms with Crippen molar-refractivity contribution in [3.8, 4) is 5.75 Å². The number of aromatic amines is 1. The number of amides is 2. The molecule has 0 bridgehead atoms. The van der Waals surface area contributed by atoms with Gasteiger partial charge in [0, 0.05) is 21.4 Å². The Balaban J connectivity index is 1.45. The van der Waals surface area contributed by atoms with Gasteiger partial charge in [0.15, 0.2) is 0 Å². The third-order valence-corrected chi connectivity index (χ3v) is 9.44. The summed E-state index contributed by atoms with van der Waals surface area (Å²) in [5.74, 6) is -2.72. The summed E-state index contributed by atoms with van der Waals surface area (Å²) in [5.41, 5.74) is 0.263. The van der Waals surface area contributed by atoms with Crippen LogP contribution in [0.15, 0.2) is 82.6 Å². The van der Waals surface area contributed by atoms with Crippen LogP contribution in [0.2, 0.25) is 5.02 Å². The maximum atomic E-state index is 13.9. The van der Waals surface area contributed by atoms with Gasteiger partial charge >= 0.3 is 11.0 Å². The van der Waals surface area contributed by atoms with Gasteiger partial charge in [-0.25, -0.2) is 4.90 Å². The second-order valence-electron chi connectivity index (χ2n) is 9.27. The molecule has 4 aromatic rings. The number of nitrogens with one attached hydrogen (secondary N) is 1. The lowest BCUT2D eigenvalue weighted by molar-refractivity contribution is -0.137. The number of hydrogen-bond acceptors (Lipinski definition) is 6. The number of H-pyrrole nitrogens is 1. The van der Waals surface area contributed by atoms with E-state index in [2.05, 4.69) is 4.98 Å². The molecule has 0 saturated carbocycles. The lowest BCUT2D eigenvalue weighted by Crippen LogP contribution is -2.32. The molecule has 3 aromatic carbocycles. The van der Waals surface area contributed by atoms with Gasteiger partial charge in [-0.15, -0.1) is 0 Å². The number of rotatable bonds is 5.